The highest BCUT2D eigenvalue weighted by molar-refractivity contribution is 5.23. The van der Waals surface area contributed by atoms with Gasteiger partial charge in [-0.05, 0) is 38.5 Å². The van der Waals surface area contributed by atoms with E-state index in [9.17, 15) is 18.4 Å². The number of anilines is 1. The van der Waals surface area contributed by atoms with Crippen LogP contribution in [0, 0.1) is 5.92 Å². The number of alkyl halides is 2. The molecular weight excluding hydrogens is 330 g/mol. The minimum Gasteiger partial charge on any atom is -0.353 e. The Bertz CT molecular complexity index is 668. The van der Waals surface area contributed by atoms with E-state index in [-0.39, 0.29) is 37.7 Å². The Labute approximate surface area is 145 Å². The Hall–Kier alpha value is -1.73. The molecule has 140 valence electrons. The molecule has 25 heavy (non-hydrogen) atoms. The minimum absolute atomic E-state index is 0.114. The number of rotatable bonds is 4. The number of hydrogen-bond donors (Lipinski definition) is 2. The van der Waals surface area contributed by atoms with E-state index >= 15 is 0 Å². The Morgan fingerprint density at radius 3 is 2.40 bits per heavy atom. The third-order valence-electron chi connectivity index (χ3n) is 5.63. The van der Waals surface area contributed by atoms with Gasteiger partial charge in [0.15, 0.2) is 0 Å². The van der Waals surface area contributed by atoms with Crippen molar-refractivity contribution in [3.05, 3.63) is 21.0 Å². The molecule has 0 radical (unpaired) electrons. The van der Waals surface area contributed by atoms with Crippen LogP contribution < -0.4 is 16.7 Å². The molecule has 1 aromatic heterocycles. The molecule has 0 aromatic carbocycles. The van der Waals surface area contributed by atoms with Crippen LogP contribution in [-0.2, 0) is 0 Å². The lowest BCUT2D eigenvalue weighted by Crippen LogP contribution is -2.43. The van der Waals surface area contributed by atoms with E-state index in [2.05, 4.69) is 15.3 Å². The maximum absolute atomic E-state index is 13.3. The van der Waals surface area contributed by atoms with E-state index in [4.69, 9.17) is 0 Å². The number of aromatic nitrogens is 3. The molecule has 0 aliphatic heterocycles. The summed E-state index contributed by atoms with van der Waals surface area (Å²) in [6.07, 6.45) is 5.55. The zero-order valence-electron chi connectivity index (χ0n) is 14.6. The van der Waals surface area contributed by atoms with Gasteiger partial charge < -0.3 is 5.32 Å². The van der Waals surface area contributed by atoms with Crippen molar-refractivity contribution in [1.82, 2.24) is 14.5 Å². The van der Waals surface area contributed by atoms with Crippen LogP contribution in [0.5, 0.6) is 0 Å². The van der Waals surface area contributed by atoms with Gasteiger partial charge in [0.1, 0.15) is 0 Å². The molecule has 1 aromatic rings. The lowest BCUT2D eigenvalue weighted by molar-refractivity contribution is -0.0447. The summed E-state index contributed by atoms with van der Waals surface area (Å²) >= 11 is 0. The molecule has 1 heterocycles. The van der Waals surface area contributed by atoms with Crippen molar-refractivity contribution >= 4 is 5.95 Å². The summed E-state index contributed by atoms with van der Waals surface area (Å²) < 4.78 is 27.6. The summed E-state index contributed by atoms with van der Waals surface area (Å²) in [7, 11) is 0. The minimum atomic E-state index is -2.70. The van der Waals surface area contributed by atoms with Crippen molar-refractivity contribution in [2.45, 2.75) is 82.7 Å². The van der Waals surface area contributed by atoms with E-state index in [0.29, 0.717) is 5.92 Å². The first-order valence-electron chi connectivity index (χ1n) is 9.23. The second kappa shape index (κ2) is 7.25. The number of nitrogens with one attached hydrogen (secondary N) is 2. The largest absolute Gasteiger partial charge is 0.355 e. The fraction of sp³-hybridized carbons (Fsp3) is 0.824. The molecule has 0 saturated heterocycles. The Morgan fingerprint density at radius 2 is 1.80 bits per heavy atom. The summed E-state index contributed by atoms with van der Waals surface area (Å²) in [6, 6.07) is -0.389. The summed E-state index contributed by atoms with van der Waals surface area (Å²) in [4.78, 5) is 31.1. The molecular formula is C17H26F2N4O2. The molecule has 1 atom stereocenters. The van der Waals surface area contributed by atoms with Crippen molar-refractivity contribution in [3.63, 3.8) is 0 Å². The normalized spacial score (nSPS) is 23.3. The topological polar surface area (TPSA) is 79.8 Å². The average Bonchev–Trinajstić information content (AvgIpc) is 2.56. The van der Waals surface area contributed by atoms with Gasteiger partial charge in [-0.1, -0.05) is 19.3 Å². The lowest BCUT2D eigenvalue weighted by Gasteiger charge is -2.29. The van der Waals surface area contributed by atoms with Gasteiger partial charge in [0, 0.05) is 24.9 Å². The van der Waals surface area contributed by atoms with Gasteiger partial charge in [-0.15, -0.1) is 0 Å². The van der Waals surface area contributed by atoms with Crippen molar-refractivity contribution in [2.75, 3.05) is 5.32 Å². The summed E-state index contributed by atoms with van der Waals surface area (Å²) in [5.41, 5.74) is -1.24. The molecule has 0 bridgehead atoms. The van der Waals surface area contributed by atoms with E-state index in [0.717, 1.165) is 17.4 Å². The highest BCUT2D eigenvalue weighted by Crippen LogP contribution is 2.37. The van der Waals surface area contributed by atoms with E-state index in [1.807, 2.05) is 6.92 Å². The molecule has 6 nitrogen and oxygen atoms in total. The summed E-state index contributed by atoms with van der Waals surface area (Å²) in [6.45, 7) is 2.03. The van der Waals surface area contributed by atoms with Crippen LogP contribution in [0.2, 0.25) is 0 Å². The predicted octanol–water partition coefficient (Wildman–Crippen LogP) is 3.06. The molecule has 2 fully saturated rings. The summed E-state index contributed by atoms with van der Waals surface area (Å²) in [5.74, 6) is -2.02. The number of halogens is 2. The van der Waals surface area contributed by atoms with Crippen molar-refractivity contribution in [2.24, 2.45) is 5.92 Å². The average molecular weight is 356 g/mol. The van der Waals surface area contributed by atoms with Crippen LogP contribution in [0.3, 0.4) is 0 Å². The fourth-order valence-electron chi connectivity index (χ4n) is 4.07. The highest BCUT2D eigenvalue weighted by Gasteiger charge is 2.36. The third kappa shape index (κ3) is 4.27. The molecule has 0 amide bonds. The number of nitrogens with zero attached hydrogens (tertiary/aromatic N) is 2. The first-order valence-corrected chi connectivity index (χ1v) is 9.23. The monoisotopic (exact) mass is 356 g/mol. The molecule has 0 unspecified atom stereocenters. The van der Waals surface area contributed by atoms with Gasteiger partial charge in [-0.25, -0.2) is 22.9 Å². The highest BCUT2D eigenvalue weighted by atomic mass is 19.3. The SMILES string of the molecule is C[C@H](Nc1nc(=O)n(C2CCC(F)(F)CC2)c(=O)[nH]1)C1CCCCC1. The molecule has 2 N–H and O–H groups in total. The predicted molar refractivity (Wildman–Crippen MR) is 91.2 cm³/mol. The second-order valence-corrected chi connectivity index (χ2v) is 7.46. The van der Waals surface area contributed by atoms with Gasteiger partial charge in [0.2, 0.25) is 11.9 Å². The van der Waals surface area contributed by atoms with Crippen LogP contribution in [0.25, 0.3) is 0 Å². The van der Waals surface area contributed by atoms with E-state index in [1.165, 1.54) is 19.3 Å². The van der Waals surface area contributed by atoms with Crippen LogP contribution in [-0.4, -0.2) is 26.5 Å². The van der Waals surface area contributed by atoms with Crippen LogP contribution in [0.1, 0.15) is 70.8 Å². The molecule has 3 rings (SSSR count). The van der Waals surface area contributed by atoms with E-state index < -0.39 is 23.3 Å². The molecule has 8 heteroatoms. The Balaban J connectivity index is 1.72. The smallest absolute Gasteiger partial charge is 0.353 e. The van der Waals surface area contributed by atoms with E-state index in [1.54, 1.807) is 0 Å². The van der Waals surface area contributed by atoms with Gasteiger partial charge in [-0.3, -0.25) is 4.98 Å². The Kier molecular flexibility index (Phi) is 5.24. The summed E-state index contributed by atoms with van der Waals surface area (Å²) in [5, 5.41) is 3.14. The maximum atomic E-state index is 13.3. The number of H-pyrrole nitrogens is 1. The van der Waals surface area contributed by atoms with Gasteiger partial charge in [-0.2, -0.15) is 4.98 Å². The molecule has 2 saturated carbocycles. The zero-order chi connectivity index (χ0) is 18.0. The van der Waals surface area contributed by atoms with Gasteiger partial charge in [0.25, 0.3) is 0 Å². The van der Waals surface area contributed by atoms with Crippen molar-refractivity contribution in [3.8, 4) is 0 Å². The van der Waals surface area contributed by atoms with Crippen molar-refractivity contribution < 1.29 is 8.78 Å². The third-order valence-corrected chi connectivity index (χ3v) is 5.63. The van der Waals surface area contributed by atoms with Gasteiger partial charge in [0.05, 0.1) is 0 Å². The Morgan fingerprint density at radius 1 is 1.16 bits per heavy atom. The lowest BCUT2D eigenvalue weighted by atomic mass is 9.85. The van der Waals surface area contributed by atoms with Gasteiger partial charge >= 0.3 is 11.4 Å². The first-order chi connectivity index (χ1) is 11.9. The van der Waals surface area contributed by atoms with Crippen LogP contribution in [0.4, 0.5) is 14.7 Å². The quantitative estimate of drug-likeness (QED) is 0.869. The van der Waals surface area contributed by atoms with Crippen molar-refractivity contribution in [1.29, 1.82) is 0 Å². The maximum Gasteiger partial charge on any atom is 0.355 e. The molecule has 2 aliphatic rings. The number of hydrogen-bond acceptors (Lipinski definition) is 4. The number of aromatic amines is 1. The second-order valence-electron chi connectivity index (χ2n) is 7.46. The first kappa shape index (κ1) is 18.1. The molecule has 0 spiro atoms. The zero-order valence-corrected chi connectivity index (χ0v) is 14.6. The standard InChI is InChI=1S/C17H26F2N4O2/c1-11(12-5-3-2-4-6-12)20-14-21-15(24)23(16(25)22-14)13-7-9-17(18,19)10-8-13/h11-13H,2-10H2,1H3,(H2,20,21,22,24,25)/t11-/m0/s1. The van der Waals surface area contributed by atoms with Crippen LogP contribution >= 0.6 is 0 Å². The fourth-order valence-corrected chi connectivity index (χ4v) is 4.07. The molecule has 2 aliphatic carbocycles. The van der Waals surface area contributed by atoms with Crippen LogP contribution in [0.15, 0.2) is 9.59 Å².